The summed E-state index contributed by atoms with van der Waals surface area (Å²) in [5.74, 6) is 2.46. The van der Waals surface area contributed by atoms with Crippen LogP contribution in [0, 0.1) is 11.8 Å². The number of esters is 1. The third-order valence-corrected chi connectivity index (χ3v) is 5.69. The van der Waals surface area contributed by atoms with Gasteiger partial charge in [-0.15, -0.1) is 0 Å². The average molecular weight is 363 g/mol. The number of hydrogen-bond donors (Lipinski definition) is 0. The van der Waals surface area contributed by atoms with Gasteiger partial charge in [0.1, 0.15) is 6.10 Å². The second-order valence-corrected chi connectivity index (χ2v) is 7.33. The lowest BCUT2D eigenvalue weighted by Gasteiger charge is -2.42. The molecule has 1 saturated carbocycles. The number of likely N-dealkylation sites (tertiary alicyclic amines) is 1. The zero-order valence-corrected chi connectivity index (χ0v) is 16.1. The fourth-order valence-corrected chi connectivity index (χ4v) is 4.28. The molecule has 2 fully saturated rings. The van der Waals surface area contributed by atoms with Gasteiger partial charge < -0.3 is 23.8 Å². The lowest BCUT2D eigenvalue weighted by molar-refractivity contribution is -0.00840. The van der Waals surface area contributed by atoms with Gasteiger partial charge >= 0.3 is 5.97 Å². The maximum Gasteiger partial charge on any atom is 0.338 e. The van der Waals surface area contributed by atoms with Crippen molar-refractivity contribution in [1.82, 2.24) is 4.90 Å². The van der Waals surface area contributed by atoms with E-state index in [-0.39, 0.29) is 12.1 Å². The minimum Gasteiger partial charge on any atom is -0.493 e. The number of hydrogen-bond acceptors (Lipinski definition) is 6. The number of methoxy groups -OCH3 is 3. The highest BCUT2D eigenvalue weighted by Gasteiger charge is 2.35. The van der Waals surface area contributed by atoms with Crippen molar-refractivity contribution in [1.29, 1.82) is 0 Å². The van der Waals surface area contributed by atoms with Crippen LogP contribution in [0.5, 0.6) is 17.2 Å². The zero-order valence-electron chi connectivity index (χ0n) is 16.1. The quantitative estimate of drug-likeness (QED) is 0.750. The van der Waals surface area contributed by atoms with Crippen molar-refractivity contribution in [2.45, 2.75) is 31.8 Å². The molecule has 1 aliphatic heterocycles. The standard InChI is InChI=1S/C20H29NO5/c1-21-8-7-13-9-16(6-5-14(13)12-21)26-20(22)15-10-17(23-2)19(25-4)18(11-15)24-3/h10-11,13-14,16H,5-9,12H2,1-4H3/t13?,14?,16-/m0/s1. The van der Waals surface area contributed by atoms with Crippen molar-refractivity contribution >= 4 is 5.97 Å². The number of rotatable bonds is 5. The smallest absolute Gasteiger partial charge is 0.338 e. The first-order valence-corrected chi connectivity index (χ1v) is 9.25. The minimum absolute atomic E-state index is 0.00810. The molecule has 3 atom stereocenters. The van der Waals surface area contributed by atoms with Crippen LogP contribution in [0.3, 0.4) is 0 Å². The van der Waals surface area contributed by atoms with E-state index in [4.69, 9.17) is 18.9 Å². The van der Waals surface area contributed by atoms with E-state index in [2.05, 4.69) is 11.9 Å². The summed E-state index contributed by atoms with van der Waals surface area (Å²) in [5.41, 5.74) is 0.421. The lowest BCUT2D eigenvalue weighted by Crippen LogP contribution is -2.42. The molecule has 26 heavy (non-hydrogen) atoms. The molecular weight excluding hydrogens is 334 g/mol. The Kier molecular flexibility index (Phi) is 5.91. The number of piperidine rings is 1. The largest absolute Gasteiger partial charge is 0.493 e. The molecule has 1 heterocycles. The van der Waals surface area contributed by atoms with Crippen molar-refractivity contribution in [3.05, 3.63) is 17.7 Å². The molecule has 1 aromatic rings. The molecule has 2 aliphatic rings. The summed E-state index contributed by atoms with van der Waals surface area (Å²) >= 11 is 0. The van der Waals surface area contributed by atoms with Crippen LogP contribution < -0.4 is 14.2 Å². The van der Waals surface area contributed by atoms with Gasteiger partial charge in [-0.2, -0.15) is 0 Å². The molecular formula is C20H29NO5. The SMILES string of the molecule is COc1cc(C(=O)O[C@H]2CCC3CN(C)CCC3C2)cc(OC)c1OC. The number of carbonyl (C=O) groups is 1. The first-order valence-electron chi connectivity index (χ1n) is 9.25. The van der Waals surface area contributed by atoms with E-state index in [0.29, 0.717) is 28.7 Å². The highest BCUT2D eigenvalue weighted by molar-refractivity contribution is 5.91. The molecule has 2 unspecified atom stereocenters. The first kappa shape index (κ1) is 18.8. The van der Waals surface area contributed by atoms with Gasteiger partial charge in [-0.05, 0) is 63.2 Å². The van der Waals surface area contributed by atoms with Crippen molar-refractivity contribution in [2.75, 3.05) is 41.5 Å². The molecule has 3 rings (SSSR count). The van der Waals surface area contributed by atoms with E-state index >= 15 is 0 Å². The molecule has 1 saturated heterocycles. The Morgan fingerprint density at radius 1 is 1.00 bits per heavy atom. The molecule has 1 aromatic carbocycles. The van der Waals surface area contributed by atoms with Gasteiger partial charge in [-0.25, -0.2) is 4.79 Å². The van der Waals surface area contributed by atoms with Crippen LogP contribution in [-0.2, 0) is 4.74 Å². The third-order valence-electron chi connectivity index (χ3n) is 5.69. The summed E-state index contributed by atoms with van der Waals surface area (Å²) < 4.78 is 21.8. The summed E-state index contributed by atoms with van der Waals surface area (Å²) in [6.07, 6.45) is 4.22. The van der Waals surface area contributed by atoms with Crippen LogP contribution in [-0.4, -0.2) is 58.4 Å². The van der Waals surface area contributed by atoms with Crippen molar-refractivity contribution < 1.29 is 23.7 Å². The topological polar surface area (TPSA) is 57.2 Å². The number of nitrogens with zero attached hydrogens (tertiary/aromatic N) is 1. The fraction of sp³-hybridized carbons (Fsp3) is 0.650. The van der Waals surface area contributed by atoms with Crippen LogP contribution in [0.25, 0.3) is 0 Å². The van der Waals surface area contributed by atoms with Crippen molar-refractivity contribution in [2.24, 2.45) is 11.8 Å². The fourth-order valence-electron chi connectivity index (χ4n) is 4.28. The molecule has 0 spiro atoms. The Balaban J connectivity index is 1.68. The number of fused-ring (bicyclic) bond motifs is 1. The van der Waals surface area contributed by atoms with Crippen molar-refractivity contribution in [3.63, 3.8) is 0 Å². The van der Waals surface area contributed by atoms with Crippen LogP contribution in [0.15, 0.2) is 12.1 Å². The van der Waals surface area contributed by atoms with Gasteiger partial charge in [0, 0.05) is 6.54 Å². The molecule has 1 aliphatic carbocycles. The first-order chi connectivity index (χ1) is 12.5. The lowest BCUT2D eigenvalue weighted by atomic mass is 9.74. The van der Waals surface area contributed by atoms with E-state index in [1.807, 2.05) is 0 Å². The molecule has 0 radical (unpaired) electrons. The summed E-state index contributed by atoms with van der Waals surface area (Å²) in [4.78, 5) is 15.1. The van der Waals surface area contributed by atoms with E-state index in [9.17, 15) is 4.79 Å². The van der Waals surface area contributed by atoms with Gasteiger partial charge in [-0.3, -0.25) is 0 Å². The van der Waals surface area contributed by atoms with Gasteiger partial charge in [0.05, 0.1) is 26.9 Å². The highest BCUT2D eigenvalue weighted by atomic mass is 16.5. The van der Waals surface area contributed by atoms with E-state index < -0.39 is 0 Å². The second kappa shape index (κ2) is 8.16. The predicted molar refractivity (Wildman–Crippen MR) is 98.2 cm³/mol. The Morgan fingerprint density at radius 3 is 2.31 bits per heavy atom. The molecule has 6 nitrogen and oxygen atoms in total. The van der Waals surface area contributed by atoms with E-state index in [1.54, 1.807) is 19.2 Å². The summed E-state index contributed by atoms with van der Waals surface area (Å²) in [5, 5.41) is 0. The summed E-state index contributed by atoms with van der Waals surface area (Å²) in [6.45, 7) is 2.30. The molecule has 0 amide bonds. The molecule has 0 aromatic heterocycles. The van der Waals surface area contributed by atoms with Crippen molar-refractivity contribution in [3.8, 4) is 17.2 Å². The predicted octanol–water partition coefficient (Wildman–Crippen LogP) is 2.99. The third kappa shape index (κ3) is 3.90. The van der Waals surface area contributed by atoms with Gasteiger partial charge in [0.2, 0.25) is 5.75 Å². The zero-order chi connectivity index (χ0) is 18.7. The van der Waals surface area contributed by atoms with Crippen LogP contribution >= 0.6 is 0 Å². The minimum atomic E-state index is -0.333. The number of benzene rings is 1. The molecule has 0 bridgehead atoms. The molecule has 0 N–H and O–H groups in total. The van der Waals surface area contributed by atoms with Crippen LogP contribution in [0.1, 0.15) is 36.0 Å². The van der Waals surface area contributed by atoms with E-state index in [1.165, 1.54) is 20.6 Å². The highest BCUT2D eigenvalue weighted by Crippen LogP contribution is 2.40. The normalized spacial score (nSPS) is 25.9. The maximum absolute atomic E-state index is 12.7. The molecule has 6 heteroatoms. The number of carbonyl (C=O) groups excluding carboxylic acids is 1. The monoisotopic (exact) mass is 363 g/mol. The summed E-state index contributed by atoms with van der Waals surface area (Å²) in [7, 11) is 6.80. The Morgan fingerprint density at radius 2 is 1.69 bits per heavy atom. The second-order valence-electron chi connectivity index (χ2n) is 7.33. The number of ether oxygens (including phenoxy) is 4. The van der Waals surface area contributed by atoms with Crippen LogP contribution in [0.2, 0.25) is 0 Å². The Hall–Kier alpha value is -1.95. The average Bonchev–Trinajstić information content (AvgIpc) is 2.66. The van der Waals surface area contributed by atoms with Gasteiger partial charge in [0.15, 0.2) is 11.5 Å². The van der Waals surface area contributed by atoms with E-state index in [0.717, 1.165) is 38.3 Å². The maximum atomic E-state index is 12.7. The van der Waals surface area contributed by atoms with Gasteiger partial charge in [-0.1, -0.05) is 0 Å². The molecule has 144 valence electrons. The Bertz CT molecular complexity index is 622. The van der Waals surface area contributed by atoms with Gasteiger partial charge in [0.25, 0.3) is 0 Å². The summed E-state index contributed by atoms with van der Waals surface area (Å²) in [6, 6.07) is 3.29. The van der Waals surface area contributed by atoms with Crippen LogP contribution in [0.4, 0.5) is 0 Å². The Labute approximate surface area is 155 Å².